The highest BCUT2D eigenvalue weighted by Crippen LogP contribution is 2.32. The Morgan fingerprint density at radius 1 is 0.923 bits per heavy atom. The van der Waals surface area contributed by atoms with Crippen molar-refractivity contribution < 1.29 is 4.79 Å². The molecular weight excluding hydrogens is 320 g/mol. The van der Waals surface area contributed by atoms with Crippen molar-refractivity contribution in [2.75, 3.05) is 19.6 Å². The molecule has 3 heteroatoms. The van der Waals surface area contributed by atoms with E-state index in [1.165, 1.54) is 10.9 Å². The van der Waals surface area contributed by atoms with Crippen molar-refractivity contribution in [3.8, 4) is 0 Å². The first-order valence-electron chi connectivity index (χ1n) is 9.25. The van der Waals surface area contributed by atoms with Gasteiger partial charge in [0.2, 0.25) is 5.91 Å². The molecule has 1 aliphatic heterocycles. The van der Waals surface area contributed by atoms with Crippen LogP contribution in [0.4, 0.5) is 0 Å². The summed E-state index contributed by atoms with van der Waals surface area (Å²) in [5.74, 6) is 0.852. The molecule has 26 heavy (non-hydrogen) atoms. The quantitative estimate of drug-likeness (QED) is 0.786. The van der Waals surface area contributed by atoms with E-state index in [4.69, 9.17) is 5.73 Å². The number of hydrogen-bond donors (Lipinski definition) is 1. The monoisotopic (exact) mass is 344 g/mol. The molecule has 1 heterocycles. The van der Waals surface area contributed by atoms with E-state index in [9.17, 15) is 4.79 Å². The Balaban J connectivity index is 1.53. The van der Waals surface area contributed by atoms with Crippen LogP contribution in [0.5, 0.6) is 0 Å². The molecule has 0 spiro atoms. The van der Waals surface area contributed by atoms with Gasteiger partial charge in [-0.25, -0.2) is 0 Å². The standard InChI is InChI=1S/C23H24N2O/c24-14-20-15-25(16-22(20)18-7-2-1-3-8-18)23(26)13-19-11-6-10-17-9-4-5-12-21(17)19/h1-12,20,22H,13-16,24H2/t20-,22+/m1/s1. The number of likely N-dealkylation sites (tertiary alicyclic amines) is 1. The third-order valence-electron chi connectivity index (χ3n) is 5.55. The first-order chi connectivity index (χ1) is 12.8. The fraction of sp³-hybridized carbons (Fsp3) is 0.261. The second-order valence-electron chi connectivity index (χ2n) is 7.13. The van der Waals surface area contributed by atoms with Gasteiger partial charge in [-0.15, -0.1) is 0 Å². The second kappa shape index (κ2) is 7.30. The van der Waals surface area contributed by atoms with Crippen molar-refractivity contribution in [2.24, 2.45) is 11.7 Å². The van der Waals surface area contributed by atoms with Crippen LogP contribution in [0.2, 0.25) is 0 Å². The highest BCUT2D eigenvalue weighted by molar-refractivity contribution is 5.90. The summed E-state index contributed by atoms with van der Waals surface area (Å²) in [6, 6.07) is 24.9. The van der Waals surface area contributed by atoms with Crippen molar-refractivity contribution >= 4 is 16.7 Å². The lowest BCUT2D eigenvalue weighted by Crippen LogP contribution is -2.31. The average Bonchev–Trinajstić information content (AvgIpc) is 3.14. The molecule has 3 aromatic rings. The van der Waals surface area contributed by atoms with Gasteiger partial charge in [-0.1, -0.05) is 72.8 Å². The van der Waals surface area contributed by atoms with Gasteiger partial charge in [0, 0.05) is 19.0 Å². The number of carbonyl (C=O) groups is 1. The van der Waals surface area contributed by atoms with Gasteiger partial charge in [-0.05, 0) is 34.4 Å². The third kappa shape index (κ3) is 3.23. The van der Waals surface area contributed by atoms with Gasteiger partial charge in [0.05, 0.1) is 6.42 Å². The number of nitrogens with zero attached hydrogens (tertiary/aromatic N) is 1. The molecule has 0 radical (unpaired) electrons. The van der Waals surface area contributed by atoms with Crippen LogP contribution in [0, 0.1) is 5.92 Å². The summed E-state index contributed by atoms with van der Waals surface area (Å²) in [5, 5.41) is 2.35. The highest BCUT2D eigenvalue weighted by atomic mass is 16.2. The molecule has 1 fully saturated rings. The number of fused-ring (bicyclic) bond motifs is 1. The zero-order valence-electron chi connectivity index (χ0n) is 14.8. The Hall–Kier alpha value is -2.65. The smallest absolute Gasteiger partial charge is 0.227 e. The lowest BCUT2D eigenvalue weighted by Gasteiger charge is -2.17. The van der Waals surface area contributed by atoms with Crippen LogP contribution in [-0.2, 0) is 11.2 Å². The first-order valence-corrected chi connectivity index (χ1v) is 9.25. The van der Waals surface area contributed by atoms with Crippen molar-refractivity contribution in [1.29, 1.82) is 0 Å². The van der Waals surface area contributed by atoms with Crippen LogP contribution >= 0.6 is 0 Å². The summed E-state index contributed by atoms with van der Waals surface area (Å²) in [6.45, 7) is 2.12. The van der Waals surface area contributed by atoms with Crippen LogP contribution in [0.25, 0.3) is 10.8 Å². The molecule has 0 bridgehead atoms. The van der Waals surface area contributed by atoms with E-state index in [0.717, 1.165) is 24.0 Å². The van der Waals surface area contributed by atoms with Crippen LogP contribution in [-0.4, -0.2) is 30.4 Å². The summed E-state index contributed by atoms with van der Waals surface area (Å²) >= 11 is 0. The van der Waals surface area contributed by atoms with E-state index in [1.807, 2.05) is 29.2 Å². The Bertz CT molecular complexity index is 901. The molecule has 0 saturated carbocycles. The van der Waals surface area contributed by atoms with Crippen LogP contribution in [0.15, 0.2) is 72.8 Å². The molecule has 1 aliphatic rings. The SMILES string of the molecule is NC[C@@H]1CN(C(=O)Cc2cccc3ccccc23)C[C@H]1c1ccccc1. The number of amides is 1. The number of benzene rings is 3. The normalized spacial score (nSPS) is 19.8. The fourth-order valence-corrected chi connectivity index (χ4v) is 4.11. The molecule has 0 aromatic heterocycles. The summed E-state index contributed by atoms with van der Waals surface area (Å²) in [5.41, 5.74) is 8.39. The van der Waals surface area contributed by atoms with Crippen molar-refractivity contribution in [2.45, 2.75) is 12.3 Å². The van der Waals surface area contributed by atoms with Crippen molar-refractivity contribution in [3.63, 3.8) is 0 Å². The minimum absolute atomic E-state index is 0.193. The Morgan fingerprint density at radius 2 is 1.65 bits per heavy atom. The van der Waals surface area contributed by atoms with Gasteiger partial charge >= 0.3 is 0 Å². The number of carbonyl (C=O) groups excluding carboxylic acids is 1. The first kappa shape index (κ1) is 16.8. The minimum Gasteiger partial charge on any atom is -0.341 e. The number of rotatable bonds is 4. The third-order valence-corrected chi connectivity index (χ3v) is 5.55. The highest BCUT2D eigenvalue weighted by Gasteiger charge is 2.35. The van der Waals surface area contributed by atoms with Gasteiger partial charge in [0.1, 0.15) is 0 Å². The molecule has 4 rings (SSSR count). The van der Waals surface area contributed by atoms with E-state index in [-0.39, 0.29) is 5.91 Å². The molecule has 2 atom stereocenters. The molecule has 3 aromatic carbocycles. The topological polar surface area (TPSA) is 46.3 Å². The molecular formula is C23H24N2O. The van der Waals surface area contributed by atoms with E-state index in [0.29, 0.717) is 24.8 Å². The largest absolute Gasteiger partial charge is 0.341 e. The van der Waals surface area contributed by atoms with Crippen LogP contribution in [0.1, 0.15) is 17.0 Å². The van der Waals surface area contributed by atoms with Crippen LogP contribution < -0.4 is 5.73 Å². The van der Waals surface area contributed by atoms with E-state index in [1.54, 1.807) is 0 Å². The van der Waals surface area contributed by atoms with Gasteiger partial charge < -0.3 is 10.6 Å². The molecule has 132 valence electrons. The number of nitrogens with two attached hydrogens (primary N) is 1. The predicted octanol–water partition coefficient (Wildman–Crippen LogP) is 3.58. The molecule has 0 aliphatic carbocycles. The van der Waals surface area contributed by atoms with E-state index >= 15 is 0 Å². The maximum atomic E-state index is 13.0. The summed E-state index contributed by atoms with van der Waals surface area (Å²) < 4.78 is 0. The lowest BCUT2D eigenvalue weighted by molar-refractivity contribution is -0.129. The average molecular weight is 344 g/mol. The van der Waals surface area contributed by atoms with Gasteiger partial charge in [-0.3, -0.25) is 4.79 Å². The molecule has 0 unspecified atom stereocenters. The number of hydrogen-bond acceptors (Lipinski definition) is 2. The van der Waals surface area contributed by atoms with Crippen LogP contribution in [0.3, 0.4) is 0 Å². The maximum Gasteiger partial charge on any atom is 0.227 e. The lowest BCUT2D eigenvalue weighted by atomic mass is 9.89. The Morgan fingerprint density at radius 3 is 2.46 bits per heavy atom. The molecule has 1 saturated heterocycles. The second-order valence-corrected chi connectivity index (χ2v) is 7.13. The van der Waals surface area contributed by atoms with Gasteiger partial charge in [0.25, 0.3) is 0 Å². The van der Waals surface area contributed by atoms with Crippen molar-refractivity contribution in [1.82, 2.24) is 4.90 Å². The summed E-state index contributed by atoms with van der Waals surface area (Å²) in [4.78, 5) is 15.0. The molecule has 1 amide bonds. The summed E-state index contributed by atoms with van der Waals surface area (Å²) in [7, 11) is 0. The van der Waals surface area contributed by atoms with Gasteiger partial charge in [0.15, 0.2) is 0 Å². The molecule has 2 N–H and O–H groups in total. The summed E-state index contributed by atoms with van der Waals surface area (Å²) in [6.07, 6.45) is 0.445. The molecule has 3 nitrogen and oxygen atoms in total. The van der Waals surface area contributed by atoms with E-state index in [2.05, 4.69) is 48.5 Å². The maximum absolute atomic E-state index is 13.0. The predicted molar refractivity (Wildman–Crippen MR) is 106 cm³/mol. The fourth-order valence-electron chi connectivity index (χ4n) is 4.11. The zero-order chi connectivity index (χ0) is 17.9. The van der Waals surface area contributed by atoms with Gasteiger partial charge in [-0.2, -0.15) is 0 Å². The zero-order valence-corrected chi connectivity index (χ0v) is 14.8. The minimum atomic E-state index is 0.193. The van der Waals surface area contributed by atoms with Crippen molar-refractivity contribution in [3.05, 3.63) is 83.9 Å². The van der Waals surface area contributed by atoms with E-state index < -0.39 is 0 Å². The Labute approximate surface area is 154 Å². The Kier molecular flexibility index (Phi) is 4.72.